The molecule has 0 saturated heterocycles. The Morgan fingerprint density at radius 2 is 1.35 bits per heavy atom. The highest BCUT2D eigenvalue weighted by molar-refractivity contribution is 6.90. The molecule has 0 aromatic rings. The first-order chi connectivity index (χ1) is 11.9. The van der Waals surface area contributed by atoms with Crippen LogP contribution in [-0.4, -0.2) is 46.4 Å². The van der Waals surface area contributed by atoms with Crippen LogP contribution in [0.1, 0.15) is 62.3 Å². The number of hydrogen-bond acceptors (Lipinski definition) is 6. The van der Waals surface area contributed by atoms with Gasteiger partial charge in [0.2, 0.25) is 8.32 Å². The number of esters is 2. The van der Waals surface area contributed by atoms with Crippen molar-refractivity contribution in [3.63, 3.8) is 0 Å². The van der Waals surface area contributed by atoms with Gasteiger partial charge < -0.3 is 18.6 Å². The fourth-order valence-electron chi connectivity index (χ4n) is 3.95. The zero-order valence-corrected chi connectivity index (χ0v) is 18.6. The SMILES string of the molecule is CCOC(=O)C1=C(C(=O)OCC)[Si](C(C)(C)C)(C(C)(C)C)OC1OCC. The third-order valence-corrected chi connectivity index (χ3v) is 10.5. The van der Waals surface area contributed by atoms with E-state index < -0.39 is 26.5 Å². The summed E-state index contributed by atoms with van der Waals surface area (Å²) in [5.41, 5.74) is 0.170. The number of ether oxygens (including phenoxy) is 3. The van der Waals surface area contributed by atoms with E-state index in [-0.39, 0.29) is 28.9 Å². The quantitative estimate of drug-likeness (QED) is 0.509. The summed E-state index contributed by atoms with van der Waals surface area (Å²) in [7, 11) is -3.04. The Bertz CT molecular complexity index is 554. The van der Waals surface area contributed by atoms with E-state index >= 15 is 0 Å². The summed E-state index contributed by atoms with van der Waals surface area (Å²) in [6.07, 6.45) is -0.913. The molecule has 0 spiro atoms. The maximum Gasteiger partial charge on any atom is 0.339 e. The van der Waals surface area contributed by atoms with Crippen LogP contribution in [0.25, 0.3) is 0 Å². The first-order valence-corrected chi connectivity index (χ1v) is 11.2. The van der Waals surface area contributed by atoms with Gasteiger partial charge in [-0.15, -0.1) is 0 Å². The van der Waals surface area contributed by atoms with Crippen LogP contribution in [0.15, 0.2) is 10.8 Å². The molecule has 0 saturated carbocycles. The molecule has 1 unspecified atom stereocenters. The van der Waals surface area contributed by atoms with Crippen molar-refractivity contribution in [3.05, 3.63) is 10.8 Å². The van der Waals surface area contributed by atoms with Crippen LogP contribution >= 0.6 is 0 Å². The van der Waals surface area contributed by atoms with E-state index in [2.05, 4.69) is 0 Å². The van der Waals surface area contributed by atoms with Gasteiger partial charge in [0.1, 0.15) is 5.57 Å². The van der Waals surface area contributed by atoms with Gasteiger partial charge >= 0.3 is 11.9 Å². The zero-order valence-electron chi connectivity index (χ0n) is 17.6. The van der Waals surface area contributed by atoms with Gasteiger partial charge in [0, 0.05) is 6.61 Å². The van der Waals surface area contributed by atoms with Crippen molar-refractivity contribution in [2.24, 2.45) is 0 Å². The highest BCUT2D eigenvalue weighted by atomic mass is 28.4. The van der Waals surface area contributed by atoms with Crippen molar-refractivity contribution in [3.8, 4) is 0 Å². The summed E-state index contributed by atoms with van der Waals surface area (Å²) < 4.78 is 22.8. The minimum atomic E-state index is -3.04. The first-order valence-electron chi connectivity index (χ1n) is 9.27. The van der Waals surface area contributed by atoms with E-state index in [4.69, 9.17) is 18.6 Å². The molecular weight excluding hydrogens is 352 g/mol. The standard InChI is InChI=1S/C19H34O6Si/c1-10-22-15(20)13-14(16(21)23-11-2)26(18(4,5)6,19(7,8)9)25-17(13)24-12-3/h17H,10-12H2,1-9H3. The van der Waals surface area contributed by atoms with Crippen molar-refractivity contribution < 1.29 is 28.2 Å². The molecule has 0 bridgehead atoms. The molecule has 0 radical (unpaired) electrons. The number of carbonyl (C=O) groups excluding carboxylic acids is 2. The van der Waals surface area contributed by atoms with Crippen LogP contribution in [0.2, 0.25) is 10.1 Å². The zero-order chi connectivity index (χ0) is 20.3. The van der Waals surface area contributed by atoms with Crippen LogP contribution < -0.4 is 0 Å². The summed E-state index contributed by atoms with van der Waals surface area (Å²) in [5.74, 6) is -1.08. The molecule has 1 heterocycles. The lowest BCUT2D eigenvalue weighted by Gasteiger charge is -2.48. The lowest BCUT2D eigenvalue weighted by Crippen LogP contribution is -2.57. The van der Waals surface area contributed by atoms with Crippen LogP contribution in [-0.2, 0) is 28.2 Å². The Balaban J connectivity index is 3.84. The topological polar surface area (TPSA) is 71.1 Å². The smallest absolute Gasteiger partial charge is 0.339 e. The molecule has 0 aromatic heterocycles. The van der Waals surface area contributed by atoms with Crippen LogP contribution in [0, 0.1) is 0 Å². The second-order valence-corrected chi connectivity index (χ2v) is 13.4. The Morgan fingerprint density at radius 1 is 0.885 bits per heavy atom. The third-order valence-electron chi connectivity index (χ3n) is 4.55. The summed E-state index contributed by atoms with van der Waals surface area (Å²) in [4.78, 5) is 25.8. The van der Waals surface area contributed by atoms with E-state index in [1.807, 2.05) is 48.5 Å². The average Bonchev–Trinajstić information content (AvgIpc) is 2.84. The Morgan fingerprint density at radius 3 is 1.73 bits per heavy atom. The van der Waals surface area contributed by atoms with Crippen molar-refractivity contribution in [2.45, 2.75) is 78.7 Å². The maximum absolute atomic E-state index is 13.0. The second kappa shape index (κ2) is 8.23. The first kappa shape index (κ1) is 22.9. The van der Waals surface area contributed by atoms with Gasteiger partial charge in [-0.05, 0) is 30.8 Å². The molecule has 0 aliphatic carbocycles. The van der Waals surface area contributed by atoms with E-state index in [9.17, 15) is 9.59 Å². The van der Waals surface area contributed by atoms with Crippen molar-refractivity contribution >= 4 is 20.3 Å². The molecule has 150 valence electrons. The van der Waals surface area contributed by atoms with Crippen molar-refractivity contribution in [1.29, 1.82) is 0 Å². The summed E-state index contributed by atoms with van der Waals surface area (Å²) >= 11 is 0. The minimum absolute atomic E-state index is 0.170. The molecule has 0 N–H and O–H groups in total. The highest BCUT2D eigenvalue weighted by Crippen LogP contribution is 2.59. The fraction of sp³-hybridized carbons (Fsp3) is 0.789. The van der Waals surface area contributed by atoms with Gasteiger partial charge in [0.05, 0.1) is 18.4 Å². The van der Waals surface area contributed by atoms with E-state index in [0.29, 0.717) is 11.8 Å². The lowest BCUT2D eigenvalue weighted by atomic mass is 10.2. The van der Waals surface area contributed by atoms with E-state index in [1.165, 1.54) is 0 Å². The number of hydrogen-bond donors (Lipinski definition) is 0. The minimum Gasteiger partial charge on any atom is -0.463 e. The molecule has 26 heavy (non-hydrogen) atoms. The van der Waals surface area contributed by atoms with E-state index in [1.54, 1.807) is 13.8 Å². The molecule has 0 fully saturated rings. The van der Waals surface area contributed by atoms with E-state index in [0.717, 1.165) is 0 Å². The van der Waals surface area contributed by atoms with Gasteiger partial charge in [-0.25, -0.2) is 9.59 Å². The predicted octanol–water partition coefficient (Wildman–Crippen LogP) is 3.89. The van der Waals surface area contributed by atoms with Crippen molar-refractivity contribution in [2.75, 3.05) is 19.8 Å². The van der Waals surface area contributed by atoms with Crippen LogP contribution in [0.4, 0.5) is 0 Å². The Hall–Kier alpha value is -1.18. The summed E-state index contributed by atoms with van der Waals surface area (Å²) in [5, 5.41) is -0.412. The Labute approximate surface area is 158 Å². The molecule has 0 aromatic carbocycles. The van der Waals surface area contributed by atoms with Gasteiger partial charge in [-0.3, -0.25) is 0 Å². The second-order valence-electron chi connectivity index (χ2n) is 8.32. The normalized spacial score (nSPS) is 20.3. The molecular formula is C19H34O6Si. The molecule has 1 atom stereocenters. The van der Waals surface area contributed by atoms with Gasteiger partial charge in [-0.2, -0.15) is 0 Å². The summed E-state index contributed by atoms with van der Waals surface area (Å²) in [6.45, 7) is 18.3. The molecule has 6 nitrogen and oxygen atoms in total. The van der Waals surface area contributed by atoms with Crippen LogP contribution in [0.5, 0.6) is 0 Å². The maximum atomic E-state index is 13.0. The van der Waals surface area contributed by atoms with Gasteiger partial charge in [-0.1, -0.05) is 41.5 Å². The number of carbonyl (C=O) groups is 2. The molecule has 7 heteroatoms. The Kier molecular flexibility index (Phi) is 7.23. The molecule has 1 rings (SSSR count). The highest BCUT2D eigenvalue weighted by Gasteiger charge is 2.67. The molecule has 1 aliphatic rings. The monoisotopic (exact) mass is 386 g/mol. The predicted molar refractivity (Wildman–Crippen MR) is 102 cm³/mol. The van der Waals surface area contributed by atoms with Gasteiger partial charge in [0.25, 0.3) is 0 Å². The largest absolute Gasteiger partial charge is 0.463 e. The van der Waals surface area contributed by atoms with Gasteiger partial charge in [0.15, 0.2) is 6.29 Å². The summed E-state index contributed by atoms with van der Waals surface area (Å²) in [6, 6.07) is 0. The average molecular weight is 387 g/mol. The number of rotatable bonds is 6. The lowest BCUT2D eigenvalue weighted by molar-refractivity contribution is -0.144. The molecule has 0 amide bonds. The van der Waals surface area contributed by atoms with Crippen LogP contribution in [0.3, 0.4) is 0 Å². The van der Waals surface area contributed by atoms with Crippen molar-refractivity contribution in [1.82, 2.24) is 0 Å². The fourth-order valence-corrected chi connectivity index (χ4v) is 9.99. The molecule has 1 aliphatic heterocycles. The third kappa shape index (κ3) is 3.89.